The van der Waals surface area contributed by atoms with Crippen molar-refractivity contribution in [3.8, 4) is 11.5 Å². The molecule has 3 rings (SSSR count). The summed E-state index contributed by atoms with van der Waals surface area (Å²) in [6, 6.07) is 8.26. The predicted molar refractivity (Wildman–Crippen MR) is 132 cm³/mol. The Hall–Kier alpha value is -4.41. The number of nitrogens with one attached hydrogen (secondary N) is 2. The van der Waals surface area contributed by atoms with E-state index < -0.39 is 42.1 Å². The normalized spacial score (nSPS) is 13.0. The minimum atomic E-state index is -1.09. The van der Waals surface area contributed by atoms with E-state index in [9.17, 15) is 24.0 Å². The Balaban J connectivity index is 2.02. The molecule has 0 bridgehead atoms. The molecule has 0 radical (unpaired) electrons. The molecule has 1 unspecified atom stereocenters. The van der Waals surface area contributed by atoms with Gasteiger partial charge < -0.3 is 19.6 Å². The van der Waals surface area contributed by atoms with E-state index in [1.807, 2.05) is 0 Å². The summed E-state index contributed by atoms with van der Waals surface area (Å²) in [6.45, 7) is 5.19. The number of ether oxygens (including phenoxy) is 2. The number of amides is 4. The average Bonchev–Trinajstić information content (AvgIpc) is 3.12. The lowest BCUT2D eigenvalue weighted by Gasteiger charge is -2.27. The van der Waals surface area contributed by atoms with Crippen LogP contribution in [0.25, 0.3) is 0 Å². The minimum absolute atomic E-state index is 0.0287. The first-order valence-corrected chi connectivity index (χ1v) is 11.8. The van der Waals surface area contributed by atoms with Crippen LogP contribution in [-0.2, 0) is 19.2 Å². The summed E-state index contributed by atoms with van der Waals surface area (Å²) in [4.78, 5) is 68.9. The number of hydrogen-bond donors (Lipinski definition) is 2. The highest BCUT2D eigenvalue weighted by Crippen LogP contribution is 2.39. The van der Waals surface area contributed by atoms with Gasteiger partial charge in [0.15, 0.2) is 11.5 Å². The second kappa shape index (κ2) is 12.0. The van der Waals surface area contributed by atoms with E-state index in [4.69, 9.17) is 14.3 Å². The number of fused-ring (bicyclic) bond motifs is 1. The van der Waals surface area contributed by atoms with Crippen molar-refractivity contribution in [3.63, 3.8) is 0 Å². The van der Waals surface area contributed by atoms with Gasteiger partial charge in [-0.2, -0.15) is 5.48 Å². The molecule has 1 aliphatic heterocycles. The number of imide groups is 1. The van der Waals surface area contributed by atoms with Gasteiger partial charge >= 0.3 is 5.97 Å². The van der Waals surface area contributed by atoms with Crippen LogP contribution in [0.15, 0.2) is 36.4 Å². The van der Waals surface area contributed by atoms with Gasteiger partial charge in [0.2, 0.25) is 5.91 Å². The number of benzene rings is 2. The van der Waals surface area contributed by atoms with Crippen LogP contribution in [0.2, 0.25) is 0 Å². The summed E-state index contributed by atoms with van der Waals surface area (Å²) >= 11 is 0. The second-order valence-electron chi connectivity index (χ2n) is 8.20. The maximum Gasteiger partial charge on any atom is 0.332 e. The zero-order valence-corrected chi connectivity index (χ0v) is 21.1. The monoisotopic (exact) mass is 511 g/mol. The van der Waals surface area contributed by atoms with E-state index in [0.29, 0.717) is 30.1 Å². The topological polar surface area (TPSA) is 140 Å². The number of methoxy groups -OCH3 is 1. The quantitative estimate of drug-likeness (QED) is 0.366. The van der Waals surface area contributed by atoms with E-state index in [2.05, 4.69) is 10.8 Å². The Morgan fingerprint density at radius 2 is 1.78 bits per heavy atom. The molecule has 0 aromatic heterocycles. The average molecular weight is 512 g/mol. The highest BCUT2D eigenvalue weighted by molar-refractivity contribution is 6.24. The van der Waals surface area contributed by atoms with Crippen LogP contribution in [-0.4, -0.2) is 48.2 Å². The zero-order chi connectivity index (χ0) is 27.1. The van der Waals surface area contributed by atoms with E-state index in [0.717, 1.165) is 4.90 Å². The van der Waals surface area contributed by atoms with Gasteiger partial charge in [0, 0.05) is 13.3 Å². The molecule has 0 saturated carbocycles. The maximum absolute atomic E-state index is 13.6. The summed E-state index contributed by atoms with van der Waals surface area (Å²) in [5.41, 5.74) is 2.81. The molecule has 1 heterocycles. The molecule has 2 N–H and O–H groups in total. The molecular formula is C26H29N3O8. The van der Waals surface area contributed by atoms with Gasteiger partial charge in [0.25, 0.3) is 17.7 Å². The van der Waals surface area contributed by atoms with Crippen molar-refractivity contribution in [2.45, 2.75) is 46.1 Å². The van der Waals surface area contributed by atoms with Crippen molar-refractivity contribution in [2.75, 3.05) is 19.0 Å². The van der Waals surface area contributed by atoms with E-state index in [1.165, 1.54) is 26.2 Å². The van der Waals surface area contributed by atoms with Gasteiger partial charge in [-0.05, 0) is 43.2 Å². The lowest BCUT2D eigenvalue weighted by atomic mass is 10.0. The van der Waals surface area contributed by atoms with Gasteiger partial charge in [-0.15, -0.1) is 0 Å². The highest BCUT2D eigenvalue weighted by Gasteiger charge is 2.43. The molecular weight excluding hydrogens is 482 g/mol. The summed E-state index contributed by atoms with van der Waals surface area (Å²) in [6.07, 6.45) is 0.248. The predicted octanol–water partition coefficient (Wildman–Crippen LogP) is 3.15. The lowest BCUT2D eigenvalue weighted by Crippen LogP contribution is -2.38. The molecule has 196 valence electrons. The molecule has 0 spiro atoms. The number of hydrogen-bond acceptors (Lipinski definition) is 8. The van der Waals surface area contributed by atoms with Crippen molar-refractivity contribution in [2.24, 2.45) is 0 Å². The van der Waals surface area contributed by atoms with E-state index in [1.54, 1.807) is 38.1 Å². The molecule has 4 amide bonds. The largest absolute Gasteiger partial charge is 0.493 e. The smallest absolute Gasteiger partial charge is 0.332 e. The van der Waals surface area contributed by atoms with Crippen LogP contribution in [0.3, 0.4) is 0 Å². The second-order valence-corrected chi connectivity index (χ2v) is 8.20. The van der Waals surface area contributed by atoms with E-state index in [-0.39, 0.29) is 23.2 Å². The molecule has 1 aliphatic rings. The number of carbonyl (C=O) groups excluding carboxylic acids is 5. The molecule has 0 saturated heterocycles. The number of rotatable bonds is 10. The molecule has 0 aliphatic carbocycles. The highest BCUT2D eigenvalue weighted by atomic mass is 16.7. The Morgan fingerprint density at radius 3 is 2.43 bits per heavy atom. The number of anilines is 1. The van der Waals surface area contributed by atoms with Crippen LogP contribution in [0, 0.1) is 0 Å². The first kappa shape index (κ1) is 27.2. The van der Waals surface area contributed by atoms with Crippen molar-refractivity contribution >= 4 is 35.3 Å². The third-order valence-corrected chi connectivity index (χ3v) is 5.55. The van der Waals surface area contributed by atoms with Crippen LogP contribution in [0.4, 0.5) is 5.69 Å². The first-order valence-electron chi connectivity index (χ1n) is 11.8. The summed E-state index contributed by atoms with van der Waals surface area (Å²) in [5.74, 6) is -2.28. The Bertz CT molecular complexity index is 1230. The molecule has 1 atom stereocenters. The number of nitrogens with zero attached hydrogens (tertiary/aromatic N) is 1. The fraction of sp³-hybridized carbons (Fsp3) is 0.346. The minimum Gasteiger partial charge on any atom is -0.493 e. The molecule has 2 aromatic carbocycles. The van der Waals surface area contributed by atoms with Crippen LogP contribution in [0.5, 0.6) is 11.5 Å². The SMILES string of the molecule is CCCC(=O)ONC(=O)CC(c1ccc(OC)c(OCC)c1)N1C(=O)c2cccc(NC(C)=O)c2C1=O. The van der Waals surface area contributed by atoms with Gasteiger partial charge in [-0.25, -0.2) is 4.79 Å². The van der Waals surface area contributed by atoms with Gasteiger partial charge in [-0.1, -0.05) is 19.1 Å². The van der Waals surface area contributed by atoms with Crippen molar-refractivity contribution < 1.29 is 38.3 Å². The Kier molecular flexibility index (Phi) is 8.83. The van der Waals surface area contributed by atoms with Crippen LogP contribution in [0.1, 0.15) is 72.4 Å². The fourth-order valence-electron chi connectivity index (χ4n) is 3.99. The lowest BCUT2D eigenvalue weighted by molar-refractivity contribution is -0.158. The Morgan fingerprint density at radius 1 is 1.03 bits per heavy atom. The number of hydroxylamine groups is 1. The van der Waals surface area contributed by atoms with Crippen molar-refractivity contribution in [3.05, 3.63) is 53.1 Å². The third kappa shape index (κ3) is 6.05. The molecule has 11 heteroatoms. The standard InChI is InChI=1S/C26H29N3O8/c1-5-8-23(32)37-28-22(31)14-19(16-11-12-20(35-4)21(13-16)36-6-2)29-25(33)17-9-7-10-18(27-15(3)30)24(17)26(29)34/h7,9-13,19H,5-6,8,14H2,1-4H3,(H,27,30)(H,28,31). The maximum atomic E-state index is 13.6. The van der Waals surface area contributed by atoms with Crippen LogP contribution < -0.4 is 20.3 Å². The molecule has 11 nitrogen and oxygen atoms in total. The molecule has 37 heavy (non-hydrogen) atoms. The summed E-state index contributed by atoms with van der Waals surface area (Å²) < 4.78 is 11.0. The van der Waals surface area contributed by atoms with Crippen molar-refractivity contribution in [1.29, 1.82) is 0 Å². The zero-order valence-electron chi connectivity index (χ0n) is 21.1. The van der Waals surface area contributed by atoms with E-state index >= 15 is 0 Å². The van der Waals surface area contributed by atoms with Crippen molar-refractivity contribution in [1.82, 2.24) is 10.4 Å². The Labute approximate surface area is 214 Å². The molecule has 2 aromatic rings. The van der Waals surface area contributed by atoms with Gasteiger partial charge in [-0.3, -0.25) is 24.1 Å². The summed E-state index contributed by atoms with van der Waals surface area (Å²) in [7, 11) is 1.47. The summed E-state index contributed by atoms with van der Waals surface area (Å²) in [5, 5.41) is 2.57. The fourth-order valence-corrected chi connectivity index (χ4v) is 3.99. The molecule has 0 fully saturated rings. The number of carbonyl (C=O) groups is 5. The van der Waals surface area contributed by atoms with Gasteiger partial charge in [0.05, 0.1) is 43.0 Å². The van der Waals surface area contributed by atoms with Gasteiger partial charge in [0.1, 0.15) is 0 Å². The first-order chi connectivity index (χ1) is 17.7. The van der Waals surface area contributed by atoms with Crippen LogP contribution >= 0.6 is 0 Å². The third-order valence-electron chi connectivity index (χ3n) is 5.55.